The van der Waals surface area contributed by atoms with Crippen molar-refractivity contribution in [3.8, 4) is 21.9 Å². The monoisotopic (exact) mass is 687 g/mol. The first-order valence-corrected chi connectivity index (χ1v) is 15.4. The van der Waals surface area contributed by atoms with Crippen LogP contribution in [0.1, 0.15) is 62.2 Å². The van der Waals surface area contributed by atoms with Gasteiger partial charge in [0.2, 0.25) is 0 Å². The summed E-state index contributed by atoms with van der Waals surface area (Å²) >= 11 is 0.905. The number of rotatable bonds is 11. The minimum absolute atomic E-state index is 0.0274. The minimum Gasteiger partial charge on any atom is -0.366 e. The number of amides is 2. The molecular formula is C33H27F6N5O3S. The molecule has 0 atom stereocenters. The quantitative estimate of drug-likeness (QED) is 0.140. The molecule has 3 aromatic heterocycles. The third kappa shape index (κ3) is 7.73. The van der Waals surface area contributed by atoms with Crippen LogP contribution in [0.4, 0.5) is 26.3 Å². The Hall–Kier alpha value is -5.05. The molecule has 0 aliphatic heterocycles. The molecule has 48 heavy (non-hydrogen) atoms. The fourth-order valence-electron chi connectivity index (χ4n) is 5.01. The van der Waals surface area contributed by atoms with Gasteiger partial charge in [-0.25, -0.2) is 13.2 Å². The van der Waals surface area contributed by atoms with Gasteiger partial charge >= 0.3 is 6.18 Å². The Morgan fingerprint density at radius 2 is 1.60 bits per heavy atom. The molecule has 0 saturated carbocycles. The summed E-state index contributed by atoms with van der Waals surface area (Å²) in [6, 6.07) is 11.8. The van der Waals surface area contributed by atoms with E-state index in [1.165, 1.54) is 30.3 Å². The van der Waals surface area contributed by atoms with Gasteiger partial charge in [0.05, 0.1) is 27.4 Å². The van der Waals surface area contributed by atoms with E-state index in [1.54, 1.807) is 12.1 Å². The molecule has 5 rings (SSSR count). The smallest absolute Gasteiger partial charge is 0.366 e. The Labute approximate surface area is 274 Å². The number of nitrogens with one attached hydrogen (secondary N) is 1. The second-order valence-corrected chi connectivity index (χ2v) is 12.3. The molecule has 8 nitrogen and oxygen atoms in total. The Morgan fingerprint density at radius 1 is 0.896 bits per heavy atom. The third-order valence-corrected chi connectivity index (χ3v) is 8.27. The van der Waals surface area contributed by atoms with Crippen molar-refractivity contribution in [2.24, 2.45) is 11.7 Å². The molecule has 2 amide bonds. The zero-order valence-corrected chi connectivity index (χ0v) is 26.2. The first kappa shape index (κ1) is 34.3. The van der Waals surface area contributed by atoms with Crippen LogP contribution in [0.25, 0.3) is 21.9 Å². The molecule has 0 aliphatic carbocycles. The van der Waals surface area contributed by atoms with Gasteiger partial charge in [-0.1, -0.05) is 37.2 Å². The summed E-state index contributed by atoms with van der Waals surface area (Å²) in [6.07, 6.45) is -4.30. The summed E-state index contributed by atoms with van der Waals surface area (Å²) in [5.41, 5.74) is 7.27. The molecule has 3 heterocycles. The van der Waals surface area contributed by atoms with Crippen molar-refractivity contribution < 1.29 is 40.5 Å². The predicted octanol–water partition coefficient (Wildman–Crippen LogP) is 7.31. The van der Waals surface area contributed by atoms with Gasteiger partial charge in [0, 0.05) is 17.0 Å². The summed E-state index contributed by atoms with van der Waals surface area (Å²) in [7, 11) is 0. The van der Waals surface area contributed by atoms with Gasteiger partial charge in [-0.05, 0) is 72.7 Å². The van der Waals surface area contributed by atoms with Gasteiger partial charge < -0.3 is 15.6 Å². The lowest BCUT2D eigenvalue weighted by molar-refractivity contribution is -0.146. The average molecular weight is 688 g/mol. The first-order valence-electron chi connectivity index (χ1n) is 14.5. The zero-order chi connectivity index (χ0) is 34.7. The second kappa shape index (κ2) is 14.0. The van der Waals surface area contributed by atoms with Crippen LogP contribution < -0.4 is 11.1 Å². The van der Waals surface area contributed by atoms with E-state index in [0.29, 0.717) is 11.1 Å². The van der Waals surface area contributed by atoms with E-state index < -0.39 is 47.2 Å². The number of nitrogens with two attached hydrogens (primary N) is 1. The molecule has 5 aromatic rings. The van der Waals surface area contributed by atoms with Gasteiger partial charge in [-0.3, -0.25) is 14.6 Å². The topological polar surface area (TPSA) is 124 Å². The Bertz CT molecular complexity index is 1970. The molecule has 15 heteroatoms. The number of pyridine rings is 1. The number of aromatic nitrogens is 3. The molecule has 0 fully saturated rings. The van der Waals surface area contributed by atoms with Crippen LogP contribution >= 0.6 is 11.3 Å². The number of halogens is 6. The highest BCUT2D eigenvalue weighted by Crippen LogP contribution is 2.42. The van der Waals surface area contributed by atoms with Gasteiger partial charge in [-0.15, -0.1) is 11.3 Å². The van der Waals surface area contributed by atoms with E-state index in [4.69, 9.17) is 15.2 Å². The lowest BCUT2D eigenvalue weighted by Crippen LogP contribution is -2.21. The SMILES string of the molecule is CC(C)Cc1nc(CCc2ccc(F)cc2)c(-c2nc(C(F)(F)F)no2)c(-c2ccc(C(=O)NCc3ccc(F)c(F)c3)s2)c1C(N)=O. The number of carbonyl (C=O) groups is 2. The standard InChI is InChI=1S/C33H27F6N5O3S/c1-16(2)13-23-26(29(40)45)28(24-11-12-25(48-24)30(46)41-15-18-5-9-20(35)21(36)14-18)27(31-43-32(44-47-31)33(37,38)39)22(42-23)10-6-17-3-7-19(34)8-4-17/h3-5,7-9,11-12,14,16H,6,10,13,15H2,1-2H3,(H2,40,45)(H,41,46). The average Bonchev–Trinajstić information content (AvgIpc) is 3.71. The van der Waals surface area contributed by atoms with Gasteiger partial charge in [0.1, 0.15) is 5.82 Å². The molecule has 0 saturated heterocycles. The molecule has 0 aliphatic rings. The van der Waals surface area contributed by atoms with Crippen molar-refractivity contribution in [2.45, 2.75) is 45.8 Å². The van der Waals surface area contributed by atoms with Crippen molar-refractivity contribution in [3.63, 3.8) is 0 Å². The highest BCUT2D eigenvalue weighted by atomic mass is 32.1. The van der Waals surface area contributed by atoms with E-state index in [1.807, 2.05) is 13.8 Å². The van der Waals surface area contributed by atoms with Crippen LogP contribution in [0.3, 0.4) is 0 Å². The largest absolute Gasteiger partial charge is 0.455 e. The molecule has 3 N–H and O–H groups in total. The lowest BCUT2D eigenvalue weighted by atomic mass is 9.91. The van der Waals surface area contributed by atoms with Crippen molar-refractivity contribution in [1.29, 1.82) is 0 Å². The maximum atomic E-state index is 13.7. The fraction of sp³-hybridized carbons (Fsp3) is 0.242. The molecule has 0 bridgehead atoms. The highest BCUT2D eigenvalue weighted by molar-refractivity contribution is 7.17. The number of aryl methyl sites for hydroxylation is 2. The molecule has 0 unspecified atom stereocenters. The van der Waals surface area contributed by atoms with Gasteiger partial charge in [0.15, 0.2) is 11.6 Å². The maximum Gasteiger partial charge on any atom is 0.455 e. The van der Waals surface area contributed by atoms with Crippen LogP contribution in [-0.4, -0.2) is 26.9 Å². The molecule has 0 radical (unpaired) electrons. The molecular weight excluding hydrogens is 660 g/mol. The number of benzene rings is 2. The zero-order valence-electron chi connectivity index (χ0n) is 25.4. The summed E-state index contributed by atoms with van der Waals surface area (Å²) in [4.78, 5) is 34.9. The molecule has 2 aromatic carbocycles. The number of hydrogen-bond acceptors (Lipinski definition) is 7. The van der Waals surface area contributed by atoms with Crippen LogP contribution in [0.15, 0.2) is 59.1 Å². The van der Waals surface area contributed by atoms with E-state index in [2.05, 4.69) is 15.5 Å². The van der Waals surface area contributed by atoms with Gasteiger partial charge in [-0.2, -0.15) is 18.2 Å². The molecule has 250 valence electrons. The third-order valence-electron chi connectivity index (χ3n) is 7.17. The van der Waals surface area contributed by atoms with Crippen LogP contribution in [-0.2, 0) is 32.0 Å². The summed E-state index contributed by atoms with van der Waals surface area (Å²) < 4.78 is 86.4. The first-order chi connectivity index (χ1) is 22.7. The van der Waals surface area contributed by atoms with E-state index in [0.717, 1.165) is 23.5 Å². The van der Waals surface area contributed by atoms with E-state index in [-0.39, 0.29) is 69.6 Å². The van der Waals surface area contributed by atoms with Crippen molar-refractivity contribution in [1.82, 2.24) is 20.4 Å². The number of primary amides is 1. The summed E-state index contributed by atoms with van der Waals surface area (Å²) in [5, 5.41) is 5.71. The molecule has 0 spiro atoms. The number of carbonyl (C=O) groups excluding carboxylic acids is 2. The van der Waals surface area contributed by atoms with Crippen LogP contribution in [0.2, 0.25) is 0 Å². The second-order valence-electron chi connectivity index (χ2n) is 11.2. The summed E-state index contributed by atoms with van der Waals surface area (Å²) in [6.45, 7) is 3.63. The minimum atomic E-state index is -4.95. The Morgan fingerprint density at radius 3 is 2.23 bits per heavy atom. The lowest BCUT2D eigenvalue weighted by Gasteiger charge is -2.19. The highest BCUT2D eigenvalue weighted by Gasteiger charge is 2.39. The Kier molecular flexibility index (Phi) is 9.98. The van der Waals surface area contributed by atoms with E-state index >= 15 is 0 Å². The van der Waals surface area contributed by atoms with Crippen molar-refractivity contribution in [2.75, 3.05) is 0 Å². The van der Waals surface area contributed by atoms with Crippen molar-refractivity contribution in [3.05, 3.63) is 111 Å². The predicted molar refractivity (Wildman–Crippen MR) is 164 cm³/mol. The maximum absolute atomic E-state index is 13.7. The number of nitrogens with zero attached hydrogens (tertiary/aromatic N) is 3. The Balaban J connectivity index is 1.64. The van der Waals surface area contributed by atoms with Gasteiger partial charge in [0.25, 0.3) is 23.5 Å². The van der Waals surface area contributed by atoms with Crippen molar-refractivity contribution >= 4 is 23.2 Å². The normalized spacial score (nSPS) is 11.7. The van der Waals surface area contributed by atoms with Crippen LogP contribution in [0.5, 0.6) is 0 Å². The number of thiophene rings is 1. The fourth-order valence-corrected chi connectivity index (χ4v) is 5.99. The summed E-state index contributed by atoms with van der Waals surface area (Å²) in [5.74, 6) is -6.23. The number of hydrogen-bond donors (Lipinski definition) is 2. The number of alkyl halides is 3. The van der Waals surface area contributed by atoms with Crippen LogP contribution in [0, 0.1) is 23.4 Å². The van der Waals surface area contributed by atoms with E-state index in [9.17, 15) is 35.9 Å².